The third-order valence-electron chi connectivity index (χ3n) is 2.43. The Labute approximate surface area is 107 Å². The lowest BCUT2D eigenvalue weighted by Gasteiger charge is -2.04. The third kappa shape index (κ3) is 2.71. The van der Waals surface area contributed by atoms with Gasteiger partial charge in [0.1, 0.15) is 5.82 Å². The maximum Gasteiger partial charge on any atom is 0.170 e. The normalized spacial score (nSPS) is 10.4. The number of halogens is 3. The Kier molecular flexibility index (Phi) is 3.67. The molecule has 1 heterocycles. The maximum absolute atomic E-state index is 13.4. The first kappa shape index (κ1) is 12.6. The highest BCUT2D eigenvalue weighted by Crippen LogP contribution is 2.17. The van der Waals surface area contributed by atoms with E-state index in [-0.39, 0.29) is 17.5 Å². The minimum Gasteiger partial charge on any atom is -0.294 e. The number of carbonyl (C=O) groups excluding carboxylic acids is 1. The van der Waals surface area contributed by atoms with Crippen LogP contribution < -0.4 is 0 Å². The number of carbonyl (C=O) groups is 1. The summed E-state index contributed by atoms with van der Waals surface area (Å²) in [5.74, 6) is -1.77. The summed E-state index contributed by atoms with van der Waals surface area (Å²) < 4.78 is 26.7. The Morgan fingerprint density at radius 2 is 2.00 bits per heavy atom. The molecule has 0 atom stereocenters. The molecule has 1 aromatic carbocycles. The zero-order valence-electron chi connectivity index (χ0n) is 9.16. The lowest BCUT2D eigenvalue weighted by atomic mass is 10.0. The Bertz CT molecular complexity index is 601. The van der Waals surface area contributed by atoms with Crippen molar-refractivity contribution in [1.29, 1.82) is 0 Å². The minimum atomic E-state index is -0.718. The topological polar surface area (TPSA) is 30.0 Å². The summed E-state index contributed by atoms with van der Waals surface area (Å²) >= 11 is 5.72. The summed E-state index contributed by atoms with van der Waals surface area (Å²) in [4.78, 5) is 15.4. The average Bonchev–Trinajstić information content (AvgIpc) is 2.34. The molecule has 2 rings (SSSR count). The monoisotopic (exact) mass is 267 g/mol. The number of benzene rings is 1. The van der Waals surface area contributed by atoms with E-state index in [1.807, 2.05) is 0 Å². The Morgan fingerprint density at radius 3 is 2.72 bits per heavy atom. The molecule has 92 valence electrons. The molecule has 5 heteroatoms. The first-order chi connectivity index (χ1) is 8.58. The average molecular weight is 268 g/mol. The van der Waals surface area contributed by atoms with Gasteiger partial charge in [-0.05, 0) is 29.8 Å². The fourth-order valence-corrected chi connectivity index (χ4v) is 1.74. The Balaban J connectivity index is 2.27. The van der Waals surface area contributed by atoms with Crippen molar-refractivity contribution in [3.8, 4) is 0 Å². The molecular formula is C13H8ClF2NO. The standard InChI is InChI=1S/C13H8ClF2NO/c14-9-1-2-11(15)8(5-9)6-13(18)10-3-4-17-7-12(10)16/h1-5,7H,6H2. The van der Waals surface area contributed by atoms with Crippen molar-refractivity contribution in [2.24, 2.45) is 0 Å². The first-order valence-electron chi connectivity index (χ1n) is 5.14. The zero-order valence-corrected chi connectivity index (χ0v) is 9.92. The van der Waals surface area contributed by atoms with Crippen LogP contribution in [0.2, 0.25) is 5.02 Å². The van der Waals surface area contributed by atoms with Gasteiger partial charge in [-0.3, -0.25) is 9.78 Å². The van der Waals surface area contributed by atoms with Gasteiger partial charge in [-0.15, -0.1) is 0 Å². The Hall–Kier alpha value is -1.81. The predicted molar refractivity (Wildman–Crippen MR) is 63.6 cm³/mol. The summed E-state index contributed by atoms with van der Waals surface area (Å²) in [6.07, 6.45) is 2.01. The number of Topliss-reactive ketones (excluding diaryl/α,β-unsaturated/α-hetero) is 1. The second-order valence-corrected chi connectivity index (χ2v) is 4.13. The van der Waals surface area contributed by atoms with Gasteiger partial charge in [0.05, 0.1) is 11.8 Å². The molecule has 0 radical (unpaired) electrons. The number of rotatable bonds is 3. The molecular weight excluding hydrogens is 260 g/mol. The molecule has 0 saturated heterocycles. The number of pyridine rings is 1. The number of hydrogen-bond donors (Lipinski definition) is 0. The molecule has 2 aromatic rings. The van der Waals surface area contributed by atoms with E-state index in [1.54, 1.807) is 0 Å². The van der Waals surface area contributed by atoms with Gasteiger partial charge >= 0.3 is 0 Å². The molecule has 0 bridgehead atoms. The molecule has 0 N–H and O–H groups in total. The second kappa shape index (κ2) is 5.23. The van der Waals surface area contributed by atoms with Crippen molar-refractivity contribution in [2.75, 3.05) is 0 Å². The fourth-order valence-electron chi connectivity index (χ4n) is 1.55. The number of aromatic nitrogens is 1. The van der Waals surface area contributed by atoms with Crippen LogP contribution in [0, 0.1) is 11.6 Å². The molecule has 2 nitrogen and oxygen atoms in total. The van der Waals surface area contributed by atoms with E-state index >= 15 is 0 Å². The molecule has 0 amide bonds. The van der Waals surface area contributed by atoms with Crippen molar-refractivity contribution in [3.63, 3.8) is 0 Å². The lowest BCUT2D eigenvalue weighted by molar-refractivity contribution is 0.0988. The van der Waals surface area contributed by atoms with E-state index in [1.165, 1.54) is 30.5 Å². The largest absolute Gasteiger partial charge is 0.294 e. The zero-order chi connectivity index (χ0) is 13.1. The summed E-state index contributed by atoms with van der Waals surface area (Å²) in [6.45, 7) is 0. The number of nitrogens with zero attached hydrogens (tertiary/aromatic N) is 1. The molecule has 0 aliphatic rings. The molecule has 0 saturated carbocycles. The van der Waals surface area contributed by atoms with Gasteiger partial charge < -0.3 is 0 Å². The van der Waals surface area contributed by atoms with Gasteiger partial charge in [0.25, 0.3) is 0 Å². The van der Waals surface area contributed by atoms with Crippen LogP contribution in [0.5, 0.6) is 0 Å². The lowest BCUT2D eigenvalue weighted by Crippen LogP contribution is -2.07. The highest BCUT2D eigenvalue weighted by molar-refractivity contribution is 6.30. The van der Waals surface area contributed by atoms with E-state index in [9.17, 15) is 13.6 Å². The van der Waals surface area contributed by atoms with Gasteiger partial charge in [0.15, 0.2) is 11.6 Å². The van der Waals surface area contributed by atoms with Crippen LogP contribution in [0.4, 0.5) is 8.78 Å². The fraction of sp³-hybridized carbons (Fsp3) is 0.0769. The van der Waals surface area contributed by atoms with Crippen LogP contribution in [0.15, 0.2) is 36.7 Å². The molecule has 0 spiro atoms. The van der Waals surface area contributed by atoms with Crippen LogP contribution in [0.1, 0.15) is 15.9 Å². The van der Waals surface area contributed by atoms with Gasteiger partial charge in [-0.2, -0.15) is 0 Å². The third-order valence-corrected chi connectivity index (χ3v) is 2.67. The number of ketones is 1. The number of hydrogen-bond acceptors (Lipinski definition) is 2. The molecule has 18 heavy (non-hydrogen) atoms. The van der Waals surface area contributed by atoms with Crippen molar-refractivity contribution in [1.82, 2.24) is 4.98 Å². The van der Waals surface area contributed by atoms with Gasteiger partial charge in [0, 0.05) is 17.6 Å². The smallest absolute Gasteiger partial charge is 0.170 e. The van der Waals surface area contributed by atoms with Crippen molar-refractivity contribution >= 4 is 17.4 Å². The quantitative estimate of drug-likeness (QED) is 0.798. The van der Waals surface area contributed by atoms with E-state index in [0.717, 1.165) is 6.20 Å². The highest BCUT2D eigenvalue weighted by atomic mass is 35.5. The van der Waals surface area contributed by atoms with E-state index in [4.69, 9.17) is 11.6 Å². The van der Waals surface area contributed by atoms with Gasteiger partial charge in [0.2, 0.25) is 0 Å². The van der Waals surface area contributed by atoms with Crippen LogP contribution >= 0.6 is 11.6 Å². The van der Waals surface area contributed by atoms with Crippen LogP contribution in [-0.4, -0.2) is 10.8 Å². The summed E-state index contributed by atoms with van der Waals surface area (Å²) in [5, 5.41) is 0.328. The second-order valence-electron chi connectivity index (χ2n) is 3.69. The molecule has 0 aliphatic heterocycles. The Morgan fingerprint density at radius 1 is 1.22 bits per heavy atom. The van der Waals surface area contributed by atoms with Crippen LogP contribution in [0.25, 0.3) is 0 Å². The van der Waals surface area contributed by atoms with Gasteiger partial charge in [-0.25, -0.2) is 8.78 Å². The predicted octanol–water partition coefficient (Wildman–Crippen LogP) is 3.44. The summed E-state index contributed by atoms with van der Waals surface area (Å²) in [6, 6.07) is 5.18. The molecule has 0 aliphatic carbocycles. The minimum absolute atomic E-state index is 0.107. The molecule has 0 fully saturated rings. The van der Waals surface area contributed by atoms with Crippen molar-refractivity contribution < 1.29 is 13.6 Å². The summed E-state index contributed by atoms with van der Waals surface area (Å²) in [7, 11) is 0. The van der Waals surface area contributed by atoms with E-state index in [2.05, 4.69) is 4.98 Å². The first-order valence-corrected chi connectivity index (χ1v) is 5.52. The van der Waals surface area contributed by atoms with E-state index < -0.39 is 17.4 Å². The van der Waals surface area contributed by atoms with E-state index in [0.29, 0.717) is 5.02 Å². The van der Waals surface area contributed by atoms with Crippen LogP contribution in [0.3, 0.4) is 0 Å². The van der Waals surface area contributed by atoms with Gasteiger partial charge in [-0.1, -0.05) is 11.6 Å². The molecule has 0 unspecified atom stereocenters. The van der Waals surface area contributed by atoms with Crippen molar-refractivity contribution in [3.05, 3.63) is 64.4 Å². The maximum atomic E-state index is 13.4. The summed E-state index contributed by atoms with van der Waals surface area (Å²) in [5.41, 5.74) is 0.0353. The SMILES string of the molecule is O=C(Cc1cc(Cl)ccc1F)c1ccncc1F. The van der Waals surface area contributed by atoms with Crippen LogP contribution in [-0.2, 0) is 6.42 Å². The van der Waals surface area contributed by atoms with Crippen molar-refractivity contribution in [2.45, 2.75) is 6.42 Å². The highest BCUT2D eigenvalue weighted by Gasteiger charge is 2.14. The molecule has 1 aromatic heterocycles.